The monoisotopic (exact) mass is 283 g/mol. The van der Waals surface area contributed by atoms with Gasteiger partial charge in [0.05, 0.1) is 13.0 Å². The zero-order valence-electron chi connectivity index (χ0n) is 10.5. The fourth-order valence-corrected chi connectivity index (χ4v) is 2.07. The smallest absolute Gasteiger partial charge is 0.411 e. The molecular formula is C11H16F3NO4. The lowest BCUT2D eigenvalue weighted by Crippen LogP contribution is -2.51. The fraction of sp³-hybridized carbons (Fsp3) is 0.818. The third-order valence-electron chi connectivity index (χ3n) is 3.13. The highest BCUT2D eigenvalue weighted by molar-refractivity contribution is 5.87. The molecule has 0 bridgehead atoms. The molecule has 8 heteroatoms. The molecule has 1 fully saturated rings. The Balaban J connectivity index is 2.43. The van der Waals surface area contributed by atoms with Crippen molar-refractivity contribution in [1.82, 2.24) is 4.90 Å². The zero-order valence-corrected chi connectivity index (χ0v) is 10.5. The summed E-state index contributed by atoms with van der Waals surface area (Å²) in [5, 5.41) is 9.10. The van der Waals surface area contributed by atoms with Crippen LogP contribution in [0.2, 0.25) is 0 Å². The van der Waals surface area contributed by atoms with Crippen LogP contribution in [0.15, 0.2) is 0 Å². The first kappa shape index (κ1) is 15.7. The summed E-state index contributed by atoms with van der Waals surface area (Å²) in [7, 11) is 0. The highest BCUT2D eigenvalue weighted by atomic mass is 19.4. The van der Waals surface area contributed by atoms with Crippen molar-refractivity contribution in [2.45, 2.75) is 37.9 Å². The lowest BCUT2D eigenvalue weighted by Gasteiger charge is -2.31. The summed E-state index contributed by atoms with van der Waals surface area (Å²) in [5.74, 6) is -1.60. The van der Waals surface area contributed by atoms with Crippen LogP contribution in [0.25, 0.3) is 0 Å². The number of carbonyl (C=O) groups excluding carboxylic acids is 1. The van der Waals surface area contributed by atoms with E-state index in [9.17, 15) is 22.8 Å². The van der Waals surface area contributed by atoms with Crippen molar-refractivity contribution in [3.8, 4) is 0 Å². The molecule has 0 saturated carbocycles. The average Bonchev–Trinajstić information content (AvgIpc) is 2.66. The molecule has 1 N–H and O–H groups in total. The zero-order chi connectivity index (χ0) is 14.7. The lowest BCUT2D eigenvalue weighted by molar-refractivity contribution is -0.175. The van der Waals surface area contributed by atoms with Gasteiger partial charge in [0.2, 0.25) is 5.91 Å². The van der Waals surface area contributed by atoms with Gasteiger partial charge in [0.25, 0.3) is 0 Å². The van der Waals surface area contributed by atoms with E-state index in [-0.39, 0.29) is 13.0 Å². The summed E-state index contributed by atoms with van der Waals surface area (Å²) in [6.45, 7) is -0.0290. The standard InChI is InChI=1S/C11H16F3NO4/c1-10(9(17)18)4-2-5-15(10)8(16)3-6-19-7-11(12,13)14/h2-7H2,1H3,(H,17,18). The minimum atomic E-state index is -4.42. The van der Waals surface area contributed by atoms with E-state index in [0.29, 0.717) is 19.4 Å². The molecule has 0 radical (unpaired) electrons. The van der Waals surface area contributed by atoms with E-state index in [1.54, 1.807) is 0 Å². The van der Waals surface area contributed by atoms with Gasteiger partial charge in [-0.1, -0.05) is 0 Å². The second-order valence-electron chi connectivity index (χ2n) is 4.65. The van der Waals surface area contributed by atoms with Gasteiger partial charge in [0, 0.05) is 6.54 Å². The third-order valence-corrected chi connectivity index (χ3v) is 3.13. The highest BCUT2D eigenvalue weighted by Crippen LogP contribution is 2.29. The molecule has 1 rings (SSSR count). The number of carboxylic acids is 1. The summed E-state index contributed by atoms with van der Waals surface area (Å²) in [6, 6.07) is 0. The molecule has 1 atom stereocenters. The van der Waals surface area contributed by atoms with E-state index in [2.05, 4.69) is 4.74 Å². The molecule has 1 aliphatic heterocycles. The van der Waals surface area contributed by atoms with Crippen LogP contribution in [0, 0.1) is 0 Å². The lowest BCUT2D eigenvalue weighted by atomic mass is 9.99. The molecule has 1 unspecified atom stereocenters. The number of alkyl halides is 3. The number of hydrogen-bond acceptors (Lipinski definition) is 3. The second kappa shape index (κ2) is 5.77. The number of amides is 1. The van der Waals surface area contributed by atoms with Crippen LogP contribution >= 0.6 is 0 Å². The van der Waals surface area contributed by atoms with E-state index in [1.165, 1.54) is 11.8 Å². The van der Waals surface area contributed by atoms with Gasteiger partial charge in [0.1, 0.15) is 12.1 Å². The number of carbonyl (C=O) groups is 2. The van der Waals surface area contributed by atoms with Gasteiger partial charge in [-0.25, -0.2) is 4.79 Å². The van der Waals surface area contributed by atoms with E-state index < -0.39 is 30.2 Å². The van der Waals surface area contributed by atoms with Gasteiger partial charge < -0.3 is 14.7 Å². The molecule has 0 aromatic rings. The Morgan fingerprint density at radius 2 is 2.05 bits per heavy atom. The third kappa shape index (κ3) is 4.09. The summed E-state index contributed by atoms with van der Waals surface area (Å²) in [6.07, 6.45) is -3.76. The molecule has 1 amide bonds. The number of hydrogen-bond donors (Lipinski definition) is 1. The minimum absolute atomic E-state index is 0.251. The van der Waals surface area contributed by atoms with Gasteiger partial charge in [-0.3, -0.25) is 4.79 Å². The molecule has 1 heterocycles. The van der Waals surface area contributed by atoms with Gasteiger partial charge in [-0.05, 0) is 19.8 Å². The van der Waals surface area contributed by atoms with Gasteiger partial charge in [0.15, 0.2) is 0 Å². The molecule has 0 spiro atoms. The molecule has 5 nitrogen and oxygen atoms in total. The van der Waals surface area contributed by atoms with Crippen LogP contribution in [0.4, 0.5) is 13.2 Å². The summed E-state index contributed by atoms with van der Waals surface area (Å²) in [4.78, 5) is 24.1. The summed E-state index contributed by atoms with van der Waals surface area (Å²) < 4.78 is 39.8. The van der Waals surface area contributed by atoms with Crippen molar-refractivity contribution < 1.29 is 32.6 Å². The Bertz CT molecular complexity index is 358. The normalized spacial score (nSPS) is 23.7. The van der Waals surface area contributed by atoms with Crippen molar-refractivity contribution in [3.05, 3.63) is 0 Å². The van der Waals surface area contributed by atoms with Gasteiger partial charge in [-0.2, -0.15) is 13.2 Å². The number of halogens is 3. The largest absolute Gasteiger partial charge is 0.480 e. The number of aliphatic carboxylic acids is 1. The Morgan fingerprint density at radius 3 is 2.58 bits per heavy atom. The van der Waals surface area contributed by atoms with Gasteiger partial charge >= 0.3 is 12.1 Å². The topological polar surface area (TPSA) is 66.8 Å². The van der Waals surface area contributed by atoms with E-state index >= 15 is 0 Å². The Hall–Kier alpha value is -1.31. The van der Waals surface area contributed by atoms with E-state index in [0.717, 1.165) is 0 Å². The molecule has 0 aliphatic carbocycles. The van der Waals surface area contributed by atoms with E-state index in [1.807, 2.05) is 0 Å². The van der Waals surface area contributed by atoms with Crippen molar-refractivity contribution in [2.24, 2.45) is 0 Å². The quantitative estimate of drug-likeness (QED) is 0.775. The maximum Gasteiger partial charge on any atom is 0.411 e. The van der Waals surface area contributed by atoms with Crippen LogP contribution in [-0.4, -0.2) is 53.4 Å². The van der Waals surface area contributed by atoms with Crippen molar-refractivity contribution in [2.75, 3.05) is 19.8 Å². The van der Waals surface area contributed by atoms with Gasteiger partial charge in [-0.15, -0.1) is 0 Å². The predicted octanol–water partition coefficient (Wildman–Crippen LogP) is 1.42. The first-order valence-electron chi connectivity index (χ1n) is 5.85. The molecule has 0 aromatic carbocycles. The molecule has 19 heavy (non-hydrogen) atoms. The van der Waals surface area contributed by atoms with Crippen LogP contribution in [0.1, 0.15) is 26.2 Å². The highest BCUT2D eigenvalue weighted by Gasteiger charge is 2.45. The number of carboxylic acid groups (broad SMARTS) is 1. The van der Waals surface area contributed by atoms with Crippen molar-refractivity contribution in [3.63, 3.8) is 0 Å². The Kier molecular flexibility index (Phi) is 4.78. The summed E-state index contributed by atoms with van der Waals surface area (Å²) in [5.41, 5.74) is -1.26. The van der Waals surface area contributed by atoms with Crippen LogP contribution in [-0.2, 0) is 14.3 Å². The van der Waals surface area contributed by atoms with Crippen LogP contribution < -0.4 is 0 Å². The SMILES string of the molecule is CC1(C(=O)O)CCCN1C(=O)CCOCC(F)(F)F. The maximum absolute atomic E-state index is 11.8. The average molecular weight is 283 g/mol. The number of rotatable bonds is 5. The number of nitrogens with zero attached hydrogens (tertiary/aromatic N) is 1. The molecular weight excluding hydrogens is 267 g/mol. The first-order valence-corrected chi connectivity index (χ1v) is 5.85. The molecule has 110 valence electrons. The molecule has 0 aromatic heterocycles. The minimum Gasteiger partial charge on any atom is -0.480 e. The fourth-order valence-electron chi connectivity index (χ4n) is 2.07. The van der Waals surface area contributed by atoms with Crippen LogP contribution in [0.5, 0.6) is 0 Å². The van der Waals surface area contributed by atoms with Crippen LogP contribution in [0.3, 0.4) is 0 Å². The maximum atomic E-state index is 11.8. The molecule has 1 saturated heterocycles. The first-order chi connectivity index (χ1) is 8.67. The number of ether oxygens (including phenoxy) is 1. The Morgan fingerprint density at radius 1 is 1.42 bits per heavy atom. The summed E-state index contributed by atoms with van der Waals surface area (Å²) >= 11 is 0. The second-order valence-corrected chi connectivity index (χ2v) is 4.65. The van der Waals surface area contributed by atoms with Crippen molar-refractivity contribution >= 4 is 11.9 Å². The Labute approximate surface area is 108 Å². The number of likely N-dealkylation sites (tertiary alicyclic amines) is 1. The predicted molar refractivity (Wildman–Crippen MR) is 58.5 cm³/mol. The van der Waals surface area contributed by atoms with E-state index in [4.69, 9.17) is 5.11 Å². The van der Waals surface area contributed by atoms with Crippen molar-refractivity contribution in [1.29, 1.82) is 0 Å². The molecule has 1 aliphatic rings.